The van der Waals surface area contributed by atoms with E-state index in [0.29, 0.717) is 16.3 Å². The van der Waals surface area contributed by atoms with Crippen LogP contribution in [0.4, 0.5) is 0 Å². The summed E-state index contributed by atoms with van der Waals surface area (Å²) in [6.45, 7) is 0. The molecule has 0 heterocycles. The molecule has 0 saturated heterocycles. The SMILES string of the molecule is O=C(Oc1ccc(Br)cc1Cl)c1ccc(CSc2ccc(Cl)cc2)cc1. The second-order valence-corrected chi connectivity index (χ2v) is 8.21. The Hall–Kier alpha value is -1.46. The number of carbonyl (C=O) groups excluding carboxylic acids is 1. The Morgan fingerprint density at radius 2 is 1.65 bits per heavy atom. The van der Waals surface area contributed by atoms with E-state index in [1.165, 1.54) is 0 Å². The third-order valence-electron chi connectivity index (χ3n) is 3.51. The molecule has 3 aromatic rings. The molecule has 0 aliphatic heterocycles. The van der Waals surface area contributed by atoms with Crippen LogP contribution in [0.15, 0.2) is 76.1 Å². The highest BCUT2D eigenvalue weighted by Crippen LogP contribution is 2.29. The van der Waals surface area contributed by atoms with E-state index >= 15 is 0 Å². The van der Waals surface area contributed by atoms with E-state index in [2.05, 4.69) is 15.9 Å². The maximum atomic E-state index is 12.3. The van der Waals surface area contributed by atoms with Crippen molar-refractivity contribution in [1.29, 1.82) is 0 Å². The van der Waals surface area contributed by atoms with Crippen LogP contribution in [0.1, 0.15) is 15.9 Å². The van der Waals surface area contributed by atoms with Crippen LogP contribution in [0.3, 0.4) is 0 Å². The second-order valence-electron chi connectivity index (χ2n) is 5.40. The van der Waals surface area contributed by atoms with Gasteiger partial charge in [0.05, 0.1) is 10.6 Å². The molecule has 6 heteroatoms. The molecule has 0 amide bonds. The Morgan fingerprint density at radius 1 is 0.962 bits per heavy atom. The fourth-order valence-corrected chi connectivity index (χ4v) is 3.84. The van der Waals surface area contributed by atoms with Crippen molar-refractivity contribution in [3.05, 3.63) is 92.4 Å². The van der Waals surface area contributed by atoms with Crippen LogP contribution in [0, 0.1) is 0 Å². The first-order valence-electron chi connectivity index (χ1n) is 7.66. The lowest BCUT2D eigenvalue weighted by Gasteiger charge is -2.07. The number of esters is 1. The number of thioether (sulfide) groups is 1. The van der Waals surface area contributed by atoms with E-state index in [4.69, 9.17) is 27.9 Å². The smallest absolute Gasteiger partial charge is 0.343 e. The summed E-state index contributed by atoms with van der Waals surface area (Å²) in [5.74, 6) is 0.698. The summed E-state index contributed by atoms with van der Waals surface area (Å²) in [7, 11) is 0. The molecule has 0 aliphatic carbocycles. The third-order valence-corrected chi connectivity index (χ3v) is 5.63. The van der Waals surface area contributed by atoms with Gasteiger partial charge in [0.1, 0.15) is 5.75 Å². The molecule has 0 unspecified atom stereocenters. The Balaban J connectivity index is 1.61. The van der Waals surface area contributed by atoms with Crippen molar-refractivity contribution < 1.29 is 9.53 Å². The standard InChI is InChI=1S/C20H13BrCl2O2S/c21-15-5-10-19(18(23)11-15)25-20(24)14-3-1-13(2-4-14)12-26-17-8-6-16(22)7-9-17/h1-11H,12H2. The average molecular weight is 468 g/mol. The summed E-state index contributed by atoms with van der Waals surface area (Å²) < 4.78 is 6.18. The van der Waals surface area contributed by atoms with Gasteiger partial charge >= 0.3 is 5.97 Å². The highest BCUT2D eigenvalue weighted by molar-refractivity contribution is 9.10. The lowest BCUT2D eigenvalue weighted by atomic mass is 10.1. The maximum Gasteiger partial charge on any atom is 0.343 e. The number of carbonyl (C=O) groups is 1. The Kier molecular flexibility index (Phi) is 6.65. The van der Waals surface area contributed by atoms with Crippen molar-refractivity contribution in [1.82, 2.24) is 0 Å². The average Bonchev–Trinajstić information content (AvgIpc) is 2.64. The Morgan fingerprint density at radius 3 is 2.31 bits per heavy atom. The van der Waals surface area contributed by atoms with Gasteiger partial charge in [0.25, 0.3) is 0 Å². The lowest BCUT2D eigenvalue weighted by Crippen LogP contribution is -2.08. The van der Waals surface area contributed by atoms with Gasteiger partial charge in [-0.25, -0.2) is 4.79 Å². The topological polar surface area (TPSA) is 26.3 Å². The number of rotatable bonds is 5. The minimum atomic E-state index is -0.439. The molecule has 0 atom stereocenters. The summed E-state index contributed by atoms with van der Waals surface area (Å²) in [5, 5.41) is 1.10. The van der Waals surface area contributed by atoms with Crippen molar-refractivity contribution in [3.63, 3.8) is 0 Å². The van der Waals surface area contributed by atoms with Crippen molar-refractivity contribution in [2.45, 2.75) is 10.6 Å². The van der Waals surface area contributed by atoms with E-state index in [9.17, 15) is 4.79 Å². The van der Waals surface area contributed by atoms with E-state index in [-0.39, 0.29) is 0 Å². The zero-order valence-corrected chi connectivity index (χ0v) is 17.3. The van der Waals surface area contributed by atoms with Crippen LogP contribution in [-0.4, -0.2) is 5.97 Å². The van der Waals surface area contributed by atoms with Gasteiger partial charge < -0.3 is 4.74 Å². The van der Waals surface area contributed by atoms with Crippen LogP contribution in [0.25, 0.3) is 0 Å². The van der Waals surface area contributed by atoms with Gasteiger partial charge in [0.2, 0.25) is 0 Å². The van der Waals surface area contributed by atoms with Gasteiger partial charge in [-0.3, -0.25) is 0 Å². The van der Waals surface area contributed by atoms with Crippen molar-refractivity contribution in [2.24, 2.45) is 0 Å². The van der Waals surface area contributed by atoms with E-state index in [1.54, 1.807) is 42.1 Å². The zero-order valence-electron chi connectivity index (χ0n) is 13.4. The molecule has 0 radical (unpaired) electrons. The van der Waals surface area contributed by atoms with Gasteiger partial charge in [0.15, 0.2) is 0 Å². The molecule has 26 heavy (non-hydrogen) atoms. The lowest BCUT2D eigenvalue weighted by molar-refractivity contribution is 0.0735. The van der Waals surface area contributed by atoms with Crippen LogP contribution < -0.4 is 4.74 Å². The predicted molar refractivity (Wildman–Crippen MR) is 112 cm³/mol. The number of ether oxygens (including phenoxy) is 1. The highest BCUT2D eigenvalue weighted by Gasteiger charge is 2.11. The zero-order chi connectivity index (χ0) is 18.5. The van der Waals surface area contributed by atoms with Crippen LogP contribution in [-0.2, 0) is 5.75 Å². The third kappa shape index (κ3) is 5.27. The van der Waals surface area contributed by atoms with Crippen molar-refractivity contribution >= 4 is 56.9 Å². The molecule has 3 rings (SSSR count). The summed E-state index contributed by atoms with van der Waals surface area (Å²) in [6.07, 6.45) is 0. The first kappa shape index (κ1) is 19.3. The van der Waals surface area contributed by atoms with Crippen molar-refractivity contribution in [3.8, 4) is 5.75 Å². The highest BCUT2D eigenvalue weighted by atomic mass is 79.9. The van der Waals surface area contributed by atoms with Gasteiger partial charge in [-0.1, -0.05) is 51.3 Å². The Bertz CT molecular complexity index is 912. The van der Waals surface area contributed by atoms with Crippen LogP contribution >= 0.6 is 50.9 Å². The fraction of sp³-hybridized carbons (Fsp3) is 0.0500. The van der Waals surface area contributed by atoms with Gasteiger partial charge in [-0.2, -0.15) is 0 Å². The molecule has 0 spiro atoms. The minimum Gasteiger partial charge on any atom is -0.421 e. The summed E-state index contributed by atoms with van der Waals surface area (Å²) >= 11 is 17.0. The fourth-order valence-electron chi connectivity index (χ4n) is 2.15. The molecule has 0 fully saturated rings. The molecule has 3 aromatic carbocycles. The normalized spacial score (nSPS) is 10.6. The number of hydrogen-bond donors (Lipinski definition) is 0. The van der Waals surface area contributed by atoms with E-state index < -0.39 is 5.97 Å². The first-order valence-corrected chi connectivity index (χ1v) is 10.2. The second kappa shape index (κ2) is 8.96. The molecular weight excluding hydrogens is 455 g/mol. The van der Waals surface area contributed by atoms with Gasteiger partial charge in [0, 0.05) is 20.1 Å². The number of benzene rings is 3. The predicted octanol–water partition coefficient (Wildman–Crippen LogP) is 7.27. The molecule has 0 aromatic heterocycles. The number of halogens is 3. The van der Waals surface area contributed by atoms with Gasteiger partial charge in [-0.05, 0) is 60.2 Å². The van der Waals surface area contributed by atoms with E-state index in [1.807, 2.05) is 36.4 Å². The van der Waals surface area contributed by atoms with Crippen LogP contribution in [0.5, 0.6) is 5.75 Å². The maximum absolute atomic E-state index is 12.3. The quantitative estimate of drug-likeness (QED) is 0.224. The first-order chi connectivity index (χ1) is 12.5. The molecule has 0 aliphatic rings. The molecule has 132 valence electrons. The molecule has 0 bridgehead atoms. The van der Waals surface area contributed by atoms with Crippen molar-refractivity contribution in [2.75, 3.05) is 0 Å². The molecular formula is C20H13BrCl2O2S. The number of hydrogen-bond acceptors (Lipinski definition) is 3. The largest absolute Gasteiger partial charge is 0.421 e. The van der Waals surface area contributed by atoms with Gasteiger partial charge in [-0.15, -0.1) is 11.8 Å². The minimum absolute atomic E-state index is 0.335. The molecule has 2 nitrogen and oxygen atoms in total. The van der Waals surface area contributed by atoms with E-state index in [0.717, 1.165) is 25.7 Å². The summed E-state index contributed by atoms with van der Waals surface area (Å²) in [6, 6.07) is 20.2. The van der Waals surface area contributed by atoms with Crippen LogP contribution in [0.2, 0.25) is 10.0 Å². The Labute approximate surface area is 174 Å². The summed E-state index contributed by atoms with van der Waals surface area (Å²) in [5.41, 5.74) is 1.59. The summed E-state index contributed by atoms with van der Waals surface area (Å²) in [4.78, 5) is 13.4. The monoisotopic (exact) mass is 466 g/mol. The molecule has 0 N–H and O–H groups in total. The molecule has 0 saturated carbocycles.